The van der Waals surface area contributed by atoms with E-state index in [0.717, 1.165) is 0 Å². The first-order valence-corrected chi connectivity index (χ1v) is 3.82. The van der Waals surface area contributed by atoms with Gasteiger partial charge in [-0.3, -0.25) is 0 Å². The summed E-state index contributed by atoms with van der Waals surface area (Å²) in [6.07, 6.45) is -11.1. The minimum atomic E-state index is -5.54. The number of hydrogen-bond acceptors (Lipinski definition) is 4. The Hall–Kier alpha value is -1.32. The third kappa shape index (κ3) is 2.62. The first kappa shape index (κ1) is 12.7. The van der Waals surface area contributed by atoms with Crippen molar-refractivity contribution in [3.63, 3.8) is 0 Å². The van der Waals surface area contributed by atoms with Crippen LogP contribution in [0.25, 0.3) is 0 Å². The molecule has 4 nitrogen and oxygen atoms in total. The second-order valence-electron chi connectivity index (χ2n) is 2.77. The van der Waals surface area contributed by atoms with E-state index in [0.29, 0.717) is 0 Å². The zero-order valence-electron chi connectivity index (χ0n) is 7.43. The number of alkyl halides is 6. The molecule has 0 saturated carbocycles. The lowest BCUT2D eigenvalue weighted by Gasteiger charge is -2.18. The van der Waals surface area contributed by atoms with Crippen molar-refractivity contribution < 1.29 is 30.9 Å². The van der Waals surface area contributed by atoms with Gasteiger partial charge in [0.15, 0.2) is 5.82 Å². The van der Waals surface area contributed by atoms with Crippen LogP contribution in [0.1, 0.15) is 17.6 Å². The molecule has 92 valence electrons. The van der Waals surface area contributed by atoms with E-state index in [9.17, 15) is 26.3 Å². The van der Waals surface area contributed by atoms with Gasteiger partial charge in [0.2, 0.25) is 11.8 Å². The van der Waals surface area contributed by atoms with Crippen LogP contribution in [0.4, 0.5) is 26.3 Å². The largest absolute Gasteiger partial charge is 0.409 e. The summed E-state index contributed by atoms with van der Waals surface area (Å²) in [5.74, 6) is -5.76. The van der Waals surface area contributed by atoms with Crippen LogP contribution in [0.2, 0.25) is 0 Å². The van der Waals surface area contributed by atoms with Crippen molar-refractivity contribution in [3.8, 4) is 0 Å². The maximum Gasteiger partial charge on any atom is 0.409 e. The molecule has 0 fully saturated rings. The Bertz CT molecular complexity index is 342. The van der Waals surface area contributed by atoms with Gasteiger partial charge in [-0.1, -0.05) is 5.16 Å². The van der Waals surface area contributed by atoms with Gasteiger partial charge in [-0.25, -0.2) is 0 Å². The molecule has 0 aliphatic rings. The second-order valence-corrected chi connectivity index (χ2v) is 2.77. The minimum absolute atomic E-state index is 0.411. The van der Waals surface area contributed by atoms with Gasteiger partial charge in [-0.2, -0.15) is 31.3 Å². The second kappa shape index (κ2) is 3.92. The smallest absolute Gasteiger partial charge is 0.338 e. The molecule has 0 amide bonds. The fourth-order valence-electron chi connectivity index (χ4n) is 0.933. The Morgan fingerprint density at radius 3 is 1.94 bits per heavy atom. The summed E-state index contributed by atoms with van der Waals surface area (Å²) in [7, 11) is 0. The summed E-state index contributed by atoms with van der Waals surface area (Å²) < 4.78 is 76.7. The van der Waals surface area contributed by atoms with E-state index in [-0.39, 0.29) is 0 Å². The SMILES string of the molecule is NCc1noc(C(C(F)(F)F)C(F)(F)F)n1. The highest BCUT2D eigenvalue weighted by atomic mass is 19.4. The third-order valence-electron chi connectivity index (χ3n) is 1.57. The maximum atomic E-state index is 12.1. The average Bonchev–Trinajstić information content (AvgIpc) is 2.47. The van der Waals surface area contributed by atoms with Crippen LogP contribution >= 0.6 is 0 Å². The molecule has 0 radical (unpaired) electrons. The number of hydrogen-bond donors (Lipinski definition) is 1. The van der Waals surface area contributed by atoms with Crippen LogP contribution in [0.5, 0.6) is 0 Å². The molecule has 16 heavy (non-hydrogen) atoms. The van der Waals surface area contributed by atoms with Gasteiger partial charge in [0.05, 0.1) is 6.54 Å². The summed E-state index contributed by atoms with van der Waals surface area (Å²) >= 11 is 0. The number of rotatable bonds is 2. The Morgan fingerprint density at radius 1 is 1.12 bits per heavy atom. The van der Waals surface area contributed by atoms with Gasteiger partial charge in [0.1, 0.15) is 0 Å². The van der Waals surface area contributed by atoms with Crippen LogP contribution in [0.15, 0.2) is 4.52 Å². The zero-order chi connectivity index (χ0) is 12.6. The quantitative estimate of drug-likeness (QED) is 0.810. The monoisotopic (exact) mass is 249 g/mol. The molecule has 0 bridgehead atoms. The first-order chi connectivity index (χ1) is 7.16. The summed E-state index contributed by atoms with van der Waals surface area (Å²) in [6.45, 7) is -0.411. The lowest BCUT2D eigenvalue weighted by molar-refractivity contribution is -0.259. The van der Waals surface area contributed by atoms with Crippen LogP contribution in [0, 0.1) is 0 Å². The summed E-state index contributed by atoms with van der Waals surface area (Å²) in [4.78, 5) is 2.92. The Labute approximate surface area is 84.4 Å². The topological polar surface area (TPSA) is 64.9 Å². The Kier molecular flexibility index (Phi) is 3.13. The molecule has 1 rings (SSSR count). The van der Waals surface area contributed by atoms with Gasteiger partial charge in [-0.15, -0.1) is 0 Å². The molecule has 0 unspecified atom stereocenters. The molecule has 2 N–H and O–H groups in total. The molecule has 0 atom stereocenters. The van der Waals surface area contributed by atoms with Crippen LogP contribution in [-0.2, 0) is 6.54 Å². The van der Waals surface area contributed by atoms with Crippen LogP contribution in [-0.4, -0.2) is 22.5 Å². The van der Waals surface area contributed by atoms with Crippen molar-refractivity contribution in [2.45, 2.75) is 24.8 Å². The predicted molar refractivity (Wildman–Crippen MR) is 37.0 cm³/mol. The highest BCUT2D eigenvalue weighted by Crippen LogP contribution is 2.45. The molecule has 0 aromatic carbocycles. The van der Waals surface area contributed by atoms with Gasteiger partial charge in [-0.05, 0) is 0 Å². The molecule has 0 saturated heterocycles. The van der Waals surface area contributed by atoms with E-state index in [4.69, 9.17) is 5.73 Å². The highest BCUT2D eigenvalue weighted by molar-refractivity contribution is 5.01. The van der Waals surface area contributed by atoms with Crippen LogP contribution < -0.4 is 5.73 Å². The molecule has 10 heteroatoms. The molecular weight excluding hydrogens is 244 g/mol. The van der Waals surface area contributed by atoms with Crippen molar-refractivity contribution in [3.05, 3.63) is 11.7 Å². The lowest BCUT2D eigenvalue weighted by Crippen LogP contribution is -2.34. The standard InChI is InChI=1S/C6H5F6N3O/c7-5(8,9)3(6(10,11)12)4-14-2(1-13)15-16-4/h3H,1,13H2. The Morgan fingerprint density at radius 2 is 1.62 bits per heavy atom. The molecule has 0 aliphatic heterocycles. The minimum Gasteiger partial charge on any atom is -0.338 e. The predicted octanol–water partition coefficient (Wildman–Crippen LogP) is 1.74. The fraction of sp³-hybridized carbons (Fsp3) is 0.667. The fourth-order valence-corrected chi connectivity index (χ4v) is 0.933. The number of nitrogens with two attached hydrogens (primary N) is 1. The van der Waals surface area contributed by atoms with Crippen molar-refractivity contribution >= 4 is 0 Å². The molecule has 1 aromatic heterocycles. The number of nitrogens with zero attached hydrogens (tertiary/aromatic N) is 2. The van der Waals surface area contributed by atoms with Crippen molar-refractivity contribution in [1.82, 2.24) is 10.1 Å². The van der Waals surface area contributed by atoms with E-state index < -0.39 is 36.5 Å². The Balaban J connectivity index is 3.12. The zero-order valence-corrected chi connectivity index (χ0v) is 7.43. The lowest BCUT2D eigenvalue weighted by atomic mass is 10.1. The van der Waals surface area contributed by atoms with Gasteiger partial charge < -0.3 is 10.3 Å². The molecule has 1 heterocycles. The third-order valence-corrected chi connectivity index (χ3v) is 1.57. The van der Waals surface area contributed by atoms with E-state index >= 15 is 0 Å². The van der Waals surface area contributed by atoms with E-state index in [1.165, 1.54) is 0 Å². The first-order valence-electron chi connectivity index (χ1n) is 3.82. The summed E-state index contributed by atoms with van der Waals surface area (Å²) in [6, 6.07) is 0. The van der Waals surface area contributed by atoms with E-state index in [1.54, 1.807) is 0 Å². The molecule has 0 aliphatic carbocycles. The highest BCUT2D eigenvalue weighted by Gasteiger charge is 2.60. The van der Waals surface area contributed by atoms with E-state index in [2.05, 4.69) is 14.7 Å². The van der Waals surface area contributed by atoms with Crippen molar-refractivity contribution in [2.24, 2.45) is 5.73 Å². The summed E-state index contributed by atoms with van der Waals surface area (Å²) in [5.41, 5.74) is 4.93. The maximum absolute atomic E-state index is 12.1. The summed E-state index contributed by atoms with van der Waals surface area (Å²) in [5, 5.41) is 2.87. The number of aromatic nitrogens is 2. The van der Waals surface area contributed by atoms with Gasteiger partial charge >= 0.3 is 12.4 Å². The average molecular weight is 249 g/mol. The van der Waals surface area contributed by atoms with Crippen molar-refractivity contribution in [2.75, 3.05) is 0 Å². The molecule has 0 spiro atoms. The van der Waals surface area contributed by atoms with Crippen molar-refractivity contribution in [1.29, 1.82) is 0 Å². The van der Waals surface area contributed by atoms with E-state index in [1.807, 2.05) is 0 Å². The normalized spacial score (nSPS) is 13.5. The van der Waals surface area contributed by atoms with Crippen LogP contribution in [0.3, 0.4) is 0 Å². The molecule has 1 aromatic rings. The van der Waals surface area contributed by atoms with Gasteiger partial charge in [0, 0.05) is 0 Å². The number of halogens is 6. The molecular formula is C6H5F6N3O. The van der Waals surface area contributed by atoms with Gasteiger partial charge in [0.25, 0.3) is 0 Å².